The number of benzene rings is 3. The third-order valence-electron chi connectivity index (χ3n) is 7.91. The number of hydrogen-bond donors (Lipinski definition) is 1. The minimum absolute atomic E-state index is 0.151. The van der Waals surface area contributed by atoms with E-state index in [-0.39, 0.29) is 17.5 Å². The van der Waals surface area contributed by atoms with E-state index < -0.39 is 0 Å². The number of carbonyl (C=O) groups excluding carboxylic acids is 1. The zero-order valence-corrected chi connectivity index (χ0v) is 24.2. The first kappa shape index (κ1) is 28.1. The highest BCUT2D eigenvalue weighted by atomic mass is 35.5. The number of carbonyl (C=O) groups is 1. The number of hydrogen-bond acceptors (Lipinski definition) is 4. The molecular formula is C33H37ClN4O2. The zero-order chi connectivity index (χ0) is 28.2. The van der Waals surface area contributed by atoms with E-state index in [0.29, 0.717) is 45.3 Å². The molecule has 0 saturated carbocycles. The molecule has 1 aromatic heterocycles. The summed E-state index contributed by atoms with van der Waals surface area (Å²) >= 11 is 6.40. The van der Waals surface area contributed by atoms with E-state index in [0.717, 1.165) is 38.2 Å². The number of pyridine rings is 1. The van der Waals surface area contributed by atoms with Gasteiger partial charge < -0.3 is 5.32 Å². The average Bonchev–Trinajstić information content (AvgIpc) is 2.97. The van der Waals surface area contributed by atoms with E-state index in [2.05, 4.69) is 35.9 Å². The van der Waals surface area contributed by atoms with Crippen molar-refractivity contribution < 1.29 is 4.79 Å². The summed E-state index contributed by atoms with van der Waals surface area (Å²) in [4.78, 5) is 33.2. The Bertz CT molecular complexity index is 1540. The summed E-state index contributed by atoms with van der Waals surface area (Å²) in [6.45, 7) is 10.6. The number of aromatic nitrogens is 1. The first-order chi connectivity index (χ1) is 19.4. The number of piperazine rings is 1. The fourth-order valence-corrected chi connectivity index (χ4v) is 5.86. The number of halogens is 1. The standard InChI is InChI=1S/C33H37ClN4O2/c1-4-29(24-11-6-5-7-12-24)35-32(39)31-27-15-8-9-16-28(27)33(40)38(26-14-10-13-25(34)21-26)30(31)22-36-17-19-37(20-18-36)23(2)3/h5-16,21,23,29H,4,17-20,22H2,1-3H3,(H,35,39)/t29-/m0/s1. The lowest BCUT2D eigenvalue weighted by Crippen LogP contribution is -2.49. The molecule has 0 aliphatic carbocycles. The second-order valence-electron chi connectivity index (χ2n) is 10.7. The maximum atomic E-state index is 14.3. The van der Waals surface area contributed by atoms with Crippen molar-refractivity contribution in [2.75, 3.05) is 26.2 Å². The van der Waals surface area contributed by atoms with E-state index in [4.69, 9.17) is 11.6 Å². The van der Waals surface area contributed by atoms with Crippen molar-refractivity contribution in [2.24, 2.45) is 0 Å². The number of amides is 1. The number of rotatable bonds is 8. The molecule has 1 fully saturated rings. The van der Waals surface area contributed by atoms with E-state index >= 15 is 0 Å². The third kappa shape index (κ3) is 5.85. The molecule has 208 valence electrons. The number of nitrogens with one attached hydrogen (secondary N) is 1. The Kier molecular flexibility index (Phi) is 8.69. The van der Waals surface area contributed by atoms with Crippen LogP contribution in [0.5, 0.6) is 0 Å². The molecule has 7 heteroatoms. The van der Waals surface area contributed by atoms with Gasteiger partial charge in [0.1, 0.15) is 0 Å². The maximum Gasteiger partial charge on any atom is 0.263 e. The second-order valence-corrected chi connectivity index (χ2v) is 11.2. The molecule has 1 saturated heterocycles. The van der Waals surface area contributed by atoms with Crippen molar-refractivity contribution in [3.63, 3.8) is 0 Å². The summed E-state index contributed by atoms with van der Waals surface area (Å²) in [5.41, 5.74) is 2.78. The topological polar surface area (TPSA) is 57.6 Å². The maximum absolute atomic E-state index is 14.3. The Hall–Kier alpha value is -3.45. The van der Waals surface area contributed by atoms with Crippen LogP contribution in [0.4, 0.5) is 0 Å². The van der Waals surface area contributed by atoms with Crippen LogP contribution >= 0.6 is 11.6 Å². The Morgan fingerprint density at radius 3 is 2.23 bits per heavy atom. The quantitative estimate of drug-likeness (QED) is 0.287. The van der Waals surface area contributed by atoms with Gasteiger partial charge in [0.25, 0.3) is 11.5 Å². The van der Waals surface area contributed by atoms with Gasteiger partial charge in [-0.15, -0.1) is 0 Å². The van der Waals surface area contributed by atoms with Gasteiger partial charge >= 0.3 is 0 Å². The SMILES string of the molecule is CC[C@H](NC(=O)c1c(CN2CCN(C(C)C)CC2)n(-c2cccc(Cl)c2)c(=O)c2ccccc12)c1ccccc1. The molecular weight excluding hydrogens is 520 g/mol. The molecule has 40 heavy (non-hydrogen) atoms. The minimum Gasteiger partial charge on any atom is -0.345 e. The highest BCUT2D eigenvalue weighted by molar-refractivity contribution is 6.30. The molecule has 1 aliphatic rings. The fraction of sp³-hybridized carbons (Fsp3) is 0.333. The van der Waals surface area contributed by atoms with Crippen LogP contribution in [0, 0.1) is 0 Å². The lowest BCUT2D eigenvalue weighted by atomic mass is 9.99. The summed E-state index contributed by atoms with van der Waals surface area (Å²) in [6, 6.07) is 25.1. The minimum atomic E-state index is -0.182. The van der Waals surface area contributed by atoms with Crippen LogP contribution in [0.15, 0.2) is 83.7 Å². The van der Waals surface area contributed by atoms with Crippen LogP contribution in [0.1, 0.15) is 54.8 Å². The number of fused-ring (bicyclic) bond motifs is 1. The van der Waals surface area contributed by atoms with Gasteiger partial charge in [0.05, 0.1) is 23.0 Å². The summed E-state index contributed by atoms with van der Waals surface area (Å²) in [5, 5.41) is 5.01. The van der Waals surface area contributed by atoms with Crippen molar-refractivity contribution in [1.82, 2.24) is 19.7 Å². The first-order valence-electron chi connectivity index (χ1n) is 14.1. The molecule has 5 rings (SSSR count). The summed E-state index contributed by atoms with van der Waals surface area (Å²) in [6.07, 6.45) is 0.744. The van der Waals surface area contributed by atoms with Gasteiger partial charge in [0, 0.05) is 54.6 Å². The molecule has 4 aromatic rings. The van der Waals surface area contributed by atoms with E-state index in [1.165, 1.54) is 0 Å². The van der Waals surface area contributed by atoms with Crippen LogP contribution in [-0.4, -0.2) is 52.5 Å². The fourth-order valence-electron chi connectivity index (χ4n) is 5.68. The Labute approximate surface area is 241 Å². The Morgan fingerprint density at radius 2 is 1.57 bits per heavy atom. The molecule has 0 radical (unpaired) electrons. The highest BCUT2D eigenvalue weighted by Crippen LogP contribution is 2.27. The third-order valence-corrected chi connectivity index (χ3v) is 8.14. The summed E-state index contributed by atoms with van der Waals surface area (Å²) in [5.74, 6) is -0.182. The smallest absolute Gasteiger partial charge is 0.263 e. The lowest BCUT2D eigenvalue weighted by Gasteiger charge is -2.37. The molecule has 0 unspecified atom stereocenters. The molecule has 1 amide bonds. The van der Waals surface area contributed by atoms with Gasteiger partial charge in [-0.1, -0.05) is 73.1 Å². The molecule has 1 atom stereocenters. The molecule has 1 aliphatic heterocycles. The van der Waals surface area contributed by atoms with Crippen LogP contribution in [-0.2, 0) is 6.54 Å². The van der Waals surface area contributed by atoms with E-state index in [1.54, 1.807) is 22.8 Å². The predicted molar refractivity (Wildman–Crippen MR) is 163 cm³/mol. The van der Waals surface area contributed by atoms with Crippen LogP contribution in [0.25, 0.3) is 16.5 Å². The lowest BCUT2D eigenvalue weighted by molar-refractivity contribution is 0.0923. The first-order valence-corrected chi connectivity index (χ1v) is 14.5. The van der Waals surface area contributed by atoms with Crippen molar-refractivity contribution in [2.45, 2.75) is 45.8 Å². The van der Waals surface area contributed by atoms with Crippen molar-refractivity contribution in [1.29, 1.82) is 0 Å². The number of nitrogens with zero attached hydrogens (tertiary/aromatic N) is 3. The predicted octanol–water partition coefficient (Wildman–Crippen LogP) is 6.05. The van der Waals surface area contributed by atoms with E-state index in [1.807, 2.05) is 60.7 Å². The monoisotopic (exact) mass is 556 g/mol. The molecule has 1 N–H and O–H groups in total. The van der Waals surface area contributed by atoms with Crippen LogP contribution in [0.3, 0.4) is 0 Å². The van der Waals surface area contributed by atoms with Gasteiger partial charge in [-0.05, 0) is 50.1 Å². The normalized spacial score (nSPS) is 15.4. The Balaban J connectivity index is 1.66. The van der Waals surface area contributed by atoms with Gasteiger partial charge in [0.15, 0.2) is 0 Å². The van der Waals surface area contributed by atoms with Crippen molar-refractivity contribution in [3.8, 4) is 5.69 Å². The largest absolute Gasteiger partial charge is 0.345 e. The van der Waals surface area contributed by atoms with Crippen molar-refractivity contribution >= 4 is 28.3 Å². The van der Waals surface area contributed by atoms with Crippen LogP contribution in [0.2, 0.25) is 5.02 Å². The highest BCUT2D eigenvalue weighted by Gasteiger charge is 2.27. The van der Waals surface area contributed by atoms with E-state index in [9.17, 15) is 9.59 Å². The van der Waals surface area contributed by atoms with Crippen LogP contribution < -0.4 is 10.9 Å². The summed E-state index contributed by atoms with van der Waals surface area (Å²) < 4.78 is 1.70. The van der Waals surface area contributed by atoms with Gasteiger partial charge in [-0.3, -0.25) is 24.0 Å². The van der Waals surface area contributed by atoms with Gasteiger partial charge in [-0.2, -0.15) is 0 Å². The molecule has 0 bridgehead atoms. The van der Waals surface area contributed by atoms with Crippen molar-refractivity contribution in [3.05, 3.63) is 111 Å². The summed E-state index contributed by atoms with van der Waals surface area (Å²) in [7, 11) is 0. The molecule has 2 heterocycles. The zero-order valence-electron chi connectivity index (χ0n) is 23.4. The molecule has 6 nitrogen and oxygen atoms in total. The molecule has 3 aromatic carbocycles. The van der Waals surface area contributed by atoms with Gasteiger partial charge in [0.2, 0.25) is 0 Å². The second kappa shape index (κ2) is 12.4. The Morgan fingerprint density at radius 1 is 0.900 bits per heavy atom. The van der Waals surface area contributed by atoms with Gasteiger partial charge in [-0.25, -0.2) is 0 Å². The molecule has 0 spiro atoms. The average molecular weight is 557 g/mol.